The van der Waals surface area contributed by atoms with E-state index in [1.165, 1.54) is 6.08 Å². The lowest BCUT2D eigenvalue weighted by Gasteiger charge is -1.94. The monoisotopic (exact) mass is 164 g/mol. The molecule has 0 radical (unpaired) electrons. The Labute approximate surface area is 69.3 Å². The van der Waals surface area contributed by atoms with Gasteiger partial charge in [0.05, 0.1) is 5.03 Å². The average molecular weight is 165 g/mol. The Morgan fingerprint density at radius 1 is 1.09 bits per heavy atom. The molecule has 0 amide bonds. The van der Waals surface area contributed by atoms with Gasteiger partial charge < -0.3 is 0 Å². The molecule has 0 saturated heterocycles. The highest BCUT2D eigenvalue weighted by Crippen LogP contribution is 2.29. The molecule has 0 saturated carbocycles. The van der Waals surface area contributed by atoms with E-state index in [4.69, 9.17) is 11.6 Å². The molecule has 1 aromatic rings. The van der Waals surface area contributed by atoms with Crippen LogP contribution in [0.4, 0.5) is 0 Å². The van der Waals surface area contributed by atoms with E-state index in [0.717, 1.165) is 5.56 Å². The SMILES string of the molecule is O=C1C=C(Cl)c2ccccc21. The van der Waals surface area contributed by atoms with Crippen molar-refractivity contribution in [3.63, 3.8) is 0 Å². The Morgan fingerprint density at radius 3 is 2.36 bits per heavy atom. The molecule has 2 rings (SSSR count). The fourth-order valence-corrected chi connectivity index (χ4v) is 1.44. The lowest BCUT2D eigenvalue weighted by atomic mass is 10.1. The number of rotatable bonds is 0. The predicted molar refractivity (Wildman–Crippen MR) is 44.6 cm³/mol. The molecule has 54 valence electrons. The molecule has 1 aliphatic carbocycles. The van der Waals surface area contributed by atoms with Gasteiger partial charge in [-0.15, -0.1) is 0 Å². The summed E-state index contributed by atoms with van der Waals surface area (Å²) in [5, 5.41) is 0.547. The number of fused-ring (bicyclic) bond motifs is 1. The first-order chi connectivity index (χ1) is 5.29. The molecule has 0 spiro atoms. The van der Waals surface area contributed by atoms with Gasteiger partial charge in [0.2, 0.25) is 0 Å². The minimum Gasteiger partial charge on any atom is -0.289 e. The molecule has 0 atom stereocenters. The molecule has 0 heterocycles. The minimum absolute atomic E-state index is 0.00519. The van der Waals surface area contributed by atoms with Gasteiger partial charge in [-0.2, -0.15) is 0 Å². The zero-order chi connectivity index (χ0) is 7.84. The minimum atomic E-state index is 0.00519. The van der Waals surface area contributed by atoms with Crippen LogP contribution in [0.15, 0.2) is 30.3 Å². The van der Waals surface area contributed by atoms with Crippen molar-refractivity contribution in [2.75, 3.05) is 0 Å². The first-order valence-electron chi connectivity index (χ1n) is 3.30. The van der Waals surface area contributed by atoms with Crippen LogP contribution >= 0.6 is 11.6 Å². The molecule has 11 heavy (non-hydrogen) atoms. The number of ketones is 1. The van der Waals surface area contributed by atoms with Crippen LogP contribution in [0.1, 0.15) is 15.9 Å². The van der Waals surface area contributed by atoms with Gasteiger partial charge in [0.1, 0.15) is 0 Å². The van der Waals surface area contributed by atoms with E-state index >= 15 is 0 Å². The first-order valence-corrected chi connectivity index (χ1v) is 3.68. The zero-order valence-electron chi connectivity index (χ0n) is 5.67. The topological polar surface area (TPSA) is 17.1 Å². The van der Waals surface area contributed by atoms with Crippen LogP contribution in [-0.2, 0) is 0 Å². The van der Waals surface area contributed by atoms with Crippen molar-refractivity contribution < 1.29 is 4.79 Å². The number of hydrogen-bond acceptors (Lipinski definition) is 1. The summed E-state index contributed by atoms with van der Waals surface area (Å²) in [6.45, 7) is 0. The van der Waals surface area contributed by atoms with Crippen LogP contribution in [-0.4, -0.2) is 5.78 Å². The van der Waals surface area contributed by atoms with Gasteiger partial charge in [-0.25, -0.2) is 0 Å². The lowest BCUT2D eigenvalue weighted by Crippen LogP contribution is -1.89. The average Bonchev–Trinajstić information content (AvgIpc) is 2.30. The number of allylic oxidation sites excluding steroid dienone is 1. The second-order valence-electron chi connectivity index (χ2n) is 2.40. The lowest BCUT2D eigenvalue weighted by molar-refractivity contribution is 0.105. The van der Waals surface area contributed by atoms with Crippen molar-refractivity contribution in [2.24, 2.45) is 0 Å². The third-order valence-corrected chi connectivity index (χ3v) is 2.02. The molecule has 1 aliphatic rings. The van der Waals surface area contributed by atoms with Crippen LogP contribution in [0.2, 0.25) is 0 Å². The van der Waals surface area contributed by atoms with Gasteiger partial charge in [-0.3, -0.25) is 4.79 Å². The Morgan fingerprint density at radius 2 is 1.73 bits per heavy atom. The zero-order valence-corrected chi connectivity index (χ0v) is 6.43. The fourth-order valence-electron chi connectivity index (χ4n) is 1.18. The van der Waals surface area contributed by atoms with E-state index in [1.807, 2.05) is 18.2 Å². The number of halogens is 1. The molecule has 0 aliphatic heterocycles. The maximum atomic E-state index is 11.1. The number of carbonyl (C=O) groups is 1. The molecule has 1 nitrogen and oxygen atoms in total. The van der Waals surface area contributed by atoms with Crippen LogP contribution < -0.4 is 0 Å². The van der Waals surface area contributed by atoms with Crippen LogP contribution in [0.25, 0.3) is 5.03 Å². The summed E-state index contributed by atoms with van der Waals surface area (Å²) < 4.78 is 0. The number of carbonyl (C=O) groups excluding carboxylic acids is 1. The highest BCUT2D eigenvalue weighted by molar-refractivity contribution is 6.53. The van der Waals surface area contributed by atoms with E-state index in [1.54, 1.807) is 6.07 Å². The highest BCUT2D eigenvalue weighted by atomic mass is 35.5. The van der Waals surface area contributed by atoms with Crippen molar-refractivity contribution >= 4 is 22.4 Å². The smallest absolute Gasteiger partial charge is 0.187 e. The van der Waals surface area contributed by atoms with E-state index < -0.39 is 0 Å². The first kappa shape index (κ1) is 6.62. The fraction of sp³-hybridized carbons (Fsp3) is 0. The van der Waals surface area contributed by atoms with Crippen molar-refractivity contribution in [3.8, 4) is 0 Å². The summed E-state index contributed by atoms with van der Waals surface area (Å²) >= 11 is 5.78. The summed E-state index contributed by atoms with van der Waals surface area (Å²) in [6, 6.07) is 7.33. The van der Waals surface area contributed by atoms with Crippen LogP contribution in [0.3, 0.4) is 0 Å². The van der Waals surface area contributed by atoms with E-state index in [2.05, 4.69) is 0 Å². The molecule has 2 heteroatoms. The van der Waals surface area contributed by atoms with Gasteiger partial charge in [0.15, 0.2) is 5.78 Å². The number of hydrogen-bond donors (Lipinski definition) is 0. The Hall–Kier alpha value is -1.08. The van der Waals surface area contributed by atoms with Gasteiger partial charge >= 0.3 is 0 Å². The van der Waals surface area contributed by atoms with E-state index in [-0.39, 0.29) is 5.78 Å². The Bertz CT molecular complexity index is 352. The summed E-state index contributed by atoms with van der Waals surface area (Å²) in [5.74, 6) is 0.00519. The van der Waals surface area contributed by atoms with Gasteiger partial charge in [-0.05, 0) is 0 Å². The Balaban J connectivity index is 2.71. The summed E-state index contributed by atoms with van der Waals surface area (Å²) in [4.78, 5) is 11.1. The van der Waals surface area contributed by atoms with Crippen molar-refractivity contribution in [2.45, 2.75) is 0 Å². The largest absolute Gasteiger partial charge is 0.289 e. The normalized spacial score (nSPS) is 14.6. The van der Waals surface area contributed by atoms with Crippen LogP contribution in [0, 0.1) is 0 Å². The molecule has 0 unspecified atom stereocenters. The molecule has 0 fully saturated rings. The summed E-state index contributed by atoms with van der Waals surface area (Å²) in [5.41, 5.74) is 1.55. The quantitative estimate of drug-likeness (QED) is 0.576. The third-order valence-electron chi connectivity index (χ3n) is 1.71. The van der Waals surface area contributed by atoms with Crippen molar-refractivity contribution in [1.82, 2.24) is 0 Å². The van der Waals surface area contributed by atoms with E-state index in [9.17, 15) is 4.79 Å². The van der Waals surface area contributed by atoms with Crippen molar-refractivity contribution in [3.05, 3.63) is 41.5 Å². The van der Waals surface area contributed by atoms with Gasteiger partial charge in [0, 0.05) is 17.2 Å². The molecule has 0 aromatic heterocycles. The molecular weight excluding hydrogens is 160 g/mol. The molecule has 0 N–H and O–H groups in total. The second kappa shape index (κ2) is 2.21. The molecule has 1 aromatic carbocycles. The second-order valence-corrected chi connectivity index (χ2v) is 2.81. The van der Waals surface area contributed by atoms with Crippen LogP contribution in [0.5, 0.6) is 0 Å². The molecule has 0 bridgehead atoms. The van der Waals surface area contributed by atoms with Gasteiger partial charge in [-0.1, -0.05) is 35.9 Å². The predicted octanol–water partition coefficient (Wildman–Crippen LogP) is 2.46. The molecular formula is C9H5ClO. The standard InChI is InChI=1S/C9H5ClO/c10-8-5-9(11)7-4-2-1-3-6(7)8/h1-5H. The highest BCUT2D eigenvalue weighted by Gasteiger charge is 2.17. The van der Waals surface area contributed by atoms with Crippen molar-refractivity contribution in [1.29, 1.82) is 0 Å². The third kappa shape index (κ3) is 0.889. The number of benzene rings is 1. The maximum absolute atomic E-state index is 11.1. The summed E-state index contributed by atoms with van der Waals surface area (Å²) in [6.07, 6.45) is 1.45. The maximum Gasteiger partial charge on any atom is 0.187 e. The van der Waals surface area contributed by atoms with Gasteiger partial charge in [0.25, 0.3) is 0 Å². The summed E-state index contributed by atoms with van der Waals surface area (Å²) in [7, 11) is 0. The Kier molecular flexibility index (Phi) is 1.33. The van der Waals surface area contributed by atoms with E-state index in [0.29, 0.717) is 10.6 Å².